The third-order valence-corrected chi connectivity index (χ3v) is 2.67. The molecule has 0 amide bonds. The maximum atomic E-state index is 5.03. The molecule has 1 aliphatic heterocycles. The van der Waals surface area contributed by atoms with Gasteiger partial charge in [-0.2, -0.15) is 4.98 Å². The minimum Gasteiger partial charge on any atom is -0.332 e. The Balaban J connectivity index is 1.87. The van der Waals surface area contributed by atoms with Crippen molar-refractivity contribution in [2.24, 2.45) is 0 Å². The Hall–Kier alpha value is -1.76. The van der Waals surface area contributed by atoms with Gasteiger partial charge in [0, 0.05) is 6.54 Å². The monoisotopic (exact) mass is 220 g/mol. The van der Waals surface area contributed by atoms with E-state index in [2.05, 4.69) is 25.8 Å². The molecule has 1 atom stereocenters. The van der Waals surface area contributed by atoms with Crippen LogP contribution in [-0.4, -0.2) is 38.2 Å². The highest BCUT2D eigenvalue weighted by molar-refractivity contribution is 5.43. The van der Waals surface area contributed by atoms with Crippen LogP contribution < -0.4 is 5.32 Å². The zero-order chi connectivity index (χ0) is 11.0. The summed E-state index contributed by atoms with van der Waals surface area (Å²) in [5.41, 5.74) is 0.632. The largest absolute Gasteiger partial charge is 0.332 e. The van der Waals surface area contributed by atoms with Crippen LogP contribution in [0.15, 0.2) is 10.7 Å². The molecular weight excluding hydrogens is 208 g/mol. The molecule has 0 bridgehead atoms. The van der Waals surface area contributed by atoms with Gasteiger partial charge in [-0.25, -0.2) is 4.68 Å². The fraction of sp³-hybridized carbons (Fsp3) is 0.556. The van der Waals surface area contributed by atoms with Gasteiger partial charge < -0.3 is 9.84 Å². The summed E-state index contributed by atoms with van der Waals surface area (Å²) in [5, 5.41) is 15.1. The van der Waals surface area contributed by atoms with Gasteiger partial charge in [0.1, 0.15) is 0 Å². The lowest BCUT2D eigenvalue weighted by molar-refractivity contribution is 0.424. The average molecular weight is 220 g/mol. The van der Waals surface area contributed by atoms with E-state index in [1.54, 1.807) is 6.92 Å². The van der Waals surface area contributed by atoms with Crippen LogP contribution in [0.25, 0.3) is 11.6 Å². The Labute approximate surface area is 91.8 Å². The summed E-state index contributed by atoms with van der Waals surface area (Å²) in [4.78, 5) is 4.11. The van der Waals surface area contributed by atoms with Gasteiger partial charge in [-0.15, -0.1) is 5.10 Å². The molecule has 84 valence electrons. The molecule has 1 fully saturated rings. The highest BCUT2D eigenvalue weighted by Gasteiger charge is 2.19. The molecule has 0 aliphatic carbocycles. The molecule has 7 heteroatoms. The molecule has 0 unspecified atom stereocenters. The normalized spacial score (nSPS) is 20.4. The second kappa shape index (κ2) is 3.67. The van der Waals surface area contributed by atoms with E-state index in [1.165, 1.54) is 0 Å². The number of nitrogens with one attached hydrogen (secondary N) is 1. The standard InChI is InChI=1S/C9H12N6O/c1-6-11-9(16-13-6)8-5-15(14-12-8)7-2-3-10-4-7/h5,7,10H,2-4H2,1H3/t7-/m1/s1. The predicted octanol–water partition coefficient (Wildman–Crippen LogP) is 0.171. The first-order valence-electron chi connectivity index (χ1n) is 5.26. The van der Waals surface area contributed by atoms with Crippen molar-refractivity contribution in [3.63, 3.8) is 0 Å². The van der Waals surface area contributed by atoms with E-state index >= 15 is 0 Å². The van der Waals surface area contributed by atoms with E-state index in [4.69, 9.17) is 4.52 Å². The van der Waals surface area contributed by atoms with E-state index in [0.29, 0.717) is 23.5 Å². The van der Waals surface area contributed by atoms with Crippen molar-refractivity contribution in [1.29, 1.82) is 0 Å². The molecule has 0 spiro atoms. The van der Waals surface area contributed by atoms with E-state index in [-0.39, 0.29) is 0 Å². The Bertz CT molecular complexity index is 484. The number of nitrogens with zero attached hydrogens (tertiary/aromatic N) is 5. The topological polar surface area (TPSA) is 81.7 Å². The SMILES string of the molecule is Cc1noc(-c2cn([C@@H]3CCNC3)nn2)n1. The highest BCUT2D eigenvalue weighted by Crippen LogP contribution is 2.18. The summed E-state index contributed by atoms with van der Waals surface area (Å²) >= 11 is 0. The molecule has 16 heavy (non-hydrogen) atoms. The van der Waals surface area contributed by atoms with Crippen LogP contribution in [0.5, 0.6) is 0 Å². The van der Waals surface area contributed by atoms with Crippen molar-refractivity contribution >= 4 is 0 Å². The van der Waals surface area contributed by atoms with Gasteiger partial charge in [0.2, 0.25) is 0 Å². The van der Waals surface area contributed by atoms with Gasteiger partial charge in [-0.05, 0) is 19.9 Å². The molecule has 0 saturated carbocycles. The van der Waals surface area contributed by atoms with Crippen molar-refractivity contribution in [1.82, 2.24) is 30.5 Å². The van der Waals surface area contributed by atoms with Gasteiger partial charge in [-0.3, -0.25) is 0 Å². The smallest absolute Gasteiger partial charge is 0.280 e. The molecule has 1 saturated heterocycles. The van der Waals surface area contributed by atoms with Crippen LogP contribution in [-0.2, 0) is 0 Å². The molecule has 7 nitrogen and oxygen atoms in total. The van der Waals surface area contributed by atoms with Crippen molar-refractivity contribution in [3.05, 3.63) is 12.0 Å². The van der Waals surface area contributed by atoms with Gasteiger partial charge in [0.15, 0.2) is 11.5 Å². The van der Waals surface area contributed by atoms with E-state index < -0.39 is 0 Å². The molecule has 3 rings (SSSR count). The molecule has 1 aliphatic rings. The molecule has 2 aromatic heterocycles. The Kier molecular flexibility index (Phi) is 2.17. The fourth-order valence-electron chi connectivity index (χ4n) is 1.82. The summed E-state index contributed by atoms with van der Waals surface area (Å²) in [5.74, 6) is 1.03. The average Bonchev–Trinajstić information content (AvgIpc) is 2.97. The second-order valence-electron chi connectivity index (χ2n) is 3.88. The maximum absolute atomic E-state index is 5.03. The lowest BCUT2D eigenvalue weighted by atomic mass is 10.3. The summed E-state index contributed by atoms with van der Waals surface area (Å²) in [7, 11) is 0. The molecule has 3 heterocycles. The molecule has 2 aromatic rings. The van der Waals surface area contributed by atoms with Gasteiger partial charge in [0.25, 0.3) is 5.89 Å². The predicted molar refractivity (Wildman–Crippen MR) is 54.6 cm³/mol. The first-order chi connectivity index (χ1) is 7.83. The maximum Gasteiger partial charge on any atom is 0.280 e. The summed E-state index contributed by atoms with van der Waals surface area (Å²) in [6, 6.07) is 0.380. The Morgan fingerprint density at radius 2 is 2.50 bits per heavy atom. The second-order valence-corrected chi connectivity index (χ2v) is 3.88. The van der Waals surface area contributed by atoms with Crippen molar-refractivity contribution in [3.8, 4) is 11.6 Å². The molecular formula is C9H12N6O. The van der Waals surface area contributed by atoms with Crippen molar-refractivity contribution in [2.45, 2.75) is 19.4 Å². The number of hydrogen-bond acceptors (Lipinski definition) is 6. The third kappa shape index (κ3) is 1.58. The van der Waals surface area contributed by atoms with Crippen molar-refractivity contribution in [2.75, 3.05) is 13.1 Å². The van der Waals surface area contributed by atoms with E-state index in [1.807, 2.05) is 10.9 Å². The number of hydrogen-bond donors (Lipinski definition) is 1. The van der Waals surface area contributed by atoms with Crippen LogP contribution in [0.1, 0.15) is 18.3 Å². The Morgan fingerprint density at radius 3 is 3.19 bits per heavy atom. The molecule has 0 radical (unpaired) electrons. The number of aromatic nitrogens is 5. The van der Waals surface area contributed by atoms with E-state index in [9.17, 15) is 0 Å². The van der Waals surface area contributed by atoms with Gasteiger partial charge in [0.05, 0.1) is 12.2 Å². The van der Waals surface area contributed by atoms with Crippen LogP contribution in [0.4, 0.5) is 0 Å². The molecule has 1 N–H and O–H groups in total. The lowest BCUT2D eigenvalue weighted by Gasteiger charge is -2.05. The van der Waals surface area contributed by atoms with Crippen molar-refractivity contribution < 1.29 is 4.52 Å². The van der Waals surface area contributed by atoms with Crippen LogP contribution in [0, 0.1) is 6.92 Å². The van der Waals surface area contributed by atoms with Crippen LogP contribution >= 0.6 is 0 Å². The number of aryl methyl sites for hydroxylation is 1. The first-order valence-corrected chi connectivity index (χ1v) is 5.26. The third-order valence-electron chi connectivity index (χ3n) is 2.67. The zero-order valence-electron chi connectivity index (χ0n) is 8.92. The first kappa shape index (κ1) is 9.46. The highest BCUT2D eigenvalue weighted by atomic mass is 16.5. The summed E-state index contributed by atoms with van der Waals surface area (Å²) in [6.45, 7) is 3.74. The number of rotatable bonds is 2. The zero-order valence-corrected chi connectivity index (χ0v) is 8.92. The molecule has 0 aromatic carbocycles. The summed E-state index contributed by atoms with van der Waals surface area (Å²) in [6.07, 6.45) is 2.93. The van der Waals surface area contributed by atoms with Gasteiger partial charge in [-0.1, -0.05) is 10.4 Å². The quantitative estimate of drug-likeness (QED) is 0.777. The van der Waals surface area contributed by atoms with Crippen LogP contribution in [0.3, 0.4) is 0 Å². The Morgan fingerprint density at radius 1 is 1.56 bits per heavy atom. The minimum absolute atomic E-state index is 0.380. The fourth-order valence-corrected chi connectivity index (χ4v) is 1.82. The summed E-state index contributed by atoms with van der Waals surface area (Å²) < 4.78 is 6.89. The minimum atomic E-state index is 0.380. The van der Waals surface area contributed by atoms with E-state index in [0.717, 1.165) is 19.5 Å². The lowest BCUT2D eigenvalue weighted by Crippen LogP contribution is -2.13. The van der Waals surface area contributed by atoms with Crippen LogP contribution in [0.2, 0.25) is 0 Å². The van der Waals surface area contributed by atoms with Gasteiger partial charge >= 0.3 is 0 Å².